The highest BCUT2D eigenvalue weighted by Gasteiger charge is 2.54. The number of hydrogen-bond donors (Lipinski definition) is 0. The van der Waals surface area contributed by atoms with Gasteiger partial charge < -0.3 is 23.5 Å². The van der Waals surface area contributed by atoms with Gasteiger partial charge in [-0.1, -0.05) is 45.7 Å². The summed E-state index contributed by atoms with van der Waals surface area (Å²) >= 11 is 0. The molecule has 1 aromatic rings. The second-order valence-electron chi connectivity index (χ2n) is 13.7. The predicted octanol–water partition coefficient (Wildman–Crippen LogP) is 6.88. The highest BCUT2D eigenvalue weighted by atomic mass is 16.7. The van der Waals surface area contributed by atoms with Gasteiger partial charge in [-0.3, -0.25) is 0 Å². The molecule has 0 bridgehead atoms. The van der Waals surface area contributed by atoms with Crippen LogP contribution in [0.15, 0.2) is 24.3 Å². The average Bonchev–Trinajstić information content (AvgIpc) is 3.16. The Kier molecular flexibility index (Phi) is 8.97. The van der Waals surface area contributed by atoms with E-state index >= 15 is 0 Å². The lowest BCUT2D eigenvalue weighted by molar-refractivity contribution is 0.00578. The maximum Gasteiger partial charge on any atom is 0.494 e. The molecule has 5 nitrogen and oxygen atoms in total. The van der Waals surface area contributed by atoms with Crippen molar-refractivity contribution in [3.8, 4) is 0 Å². The van der Waals surface area contributed by atoms with Crippen molar-refractivity contribution >= 4 is 25.4 Å². The molecule has 0 spiro atoms. The third kappa shape index (κ3) is 6.10. The first-order chi connectivity index (χ1) is 16.9. The fourth-order valence-corrected chi connectivity index (χ4v) is 5.25. The molecule has 0 N–H and O–H groups in total. The Morgan fingerprint density at radius 1 is 0.703 bits per heavy atom. The highest BCUT2D eigenvalue weighted by molar-refractivity contribution is 6.62. The van der Waals surface area contributed by atoms with Gasteiger partial charge in [0.05, 0.1) is 22.4 Å². The first-order valence-electron chi connectivity index (χ1n) is 14.5. The lowest BCUT2D eigenvalue weighted by Crippen LogP contribution is -2.48. The van der Waals surface area contributed by atoms with Crippen LogP contribution in [-0.2, 0) is 18.6 Å². The van der Waals surface area contributed by atoms with Crippen LogP contribution in [0.3, 0.4) is 0 Å². The Morgan fingerprint density at radius 2 is 1.16 bits per heavy atom. The van der Waals surface area contributed by atoms with Crippen LogP contribution in [0.25, 0.3) is 0 Å². The van der Waals surface area contributed by atoms with Crippen molar-refractivity contribution < 1.29 is 18.6 Å². The largest absolute Gasteiger partial charge is 0.494 e. The molecule has 3 rings (SSSR count). The molecule has 0 aromatic heterocycles. The third-order valence-corrected chi connectivity index (χ3v) is 9.89. The Bertz CT molecular complexity index is 869. The molecule has 2 saturated heterocycles. The summed E-state index contributed by atoms with van der Waals surface area (Å²) in [4.78, 5) is 2.59. The molecule has 0 radical (unpaired) electrons. The Hall–Kier alpha value is -1.01. The van der Waals surface area contributed by atoms with Crippen LogP contribution in [0.1, 0.15) is 109 Å². The van der Waals surface area contributed by atoms with E-state index < -0.39 is 0 Å². The third-order valence-electron chi connectivity index (χ3n) is 9.89. The van der Waals surface area contributed by atoms with E-state index in [0.717, 1.165) is 5.46 Å². The van der Waals surface area contributed by atoms with Crippen molar-refractivity contribution in [2.75, 3.05) is 4.90 Å². The van der Waals surface area contributed by atoms with Crippen molar-refractivity contribution in [1.29, 1.82) is 0 Å². The molecule has 0 saturated carbocycles. The van der Waals surface area contributed by atoms with Gasteiger partial charge in [-0.2, -0.15) is 0 Å². The van der Waals surface area contributed by atoms with E-state index in [4.69, 9.17) is 18.6 Å². The smallest absolute Gasteiger partial charge is 0.403 e. The fraction of sp³-hybridized carbons (Fsp3) is 0.800. The van der Waals surface area contributed by atoms with Crippen molar-refractivity contribution in [1.82, 2.24) is 0 Å². The van der Waals surface area contributed by atoms with Crippen LogP contribution >= 0.6 is 0 Å². The predicted molar refractivity (Wildman–Crippen MR) is 158 cm³/mol. The molecule has 37 heavy (non-hydrogen) atoms. The van der Waals surface area contributed by atoms with Crippen LogP contribution < -0.4 is 10.4 Å². The lowest BCUT2D eigenvalue weighted by Gasteiger charge is -2.42. The van der Waals surface area contributed by atoms with Gasteiger partial charge in [0, 0.05) is 23.6 Å². The molecule has 2 unspecified atom stereocenters. The fourth-order valence-electron chi connectivity index (χ4n) is 5.25. The van der Waals surface area contributed by atoms with Gasteiger partial charge in [-0.15, -0.1) is 0 Å². The van der Waals surface area contributed by atoms with E-state index in [9.17, 15) is 0 Å². The topological polar surface area (TPSA) is 40.2 Å². The molecule has 2 fully saturated rings. The van der Waals surface area contributed by atoms with Gasteiger partial charge in [0.15, 0.2) is 0 Å². The van der Waals surface area contributed by atoms with E-state index in [2.05, 4.69) is 119 Å². The van der Waals surface area contributed by atoms with E-state index in [1.807, 2.05) is 0 Å². The number of anilines is 1. The summed E-state index contributed by atoms with van der Waals surface area (Å²) < 4.78 is 25.6. The summed E-state index contributed by atoms with van der Waals surface area (Å²) in [5, 5.41) is 0. The Labute approximate surface area is 228 Å². The molecule has 4 atom stereocenters. The number of nitrogens with zero attached hydrogens (tertiary/aromatic N) is 1. The Morgan fingerprint density at radius 3 is 1.62 bits per heavy atom. The zero-order valence-corrected chi connectivity index (χ0v) is 26.0. The molecular formula is C30H53B2NO4. The normalized spacial score (nSPS) is 25.1. The van der Waals surface area contributed by atoms with Gasteiger partial charge in [0.25, 0.3) is 0 Å². The van der Waals surface area contributed by atoms with Gasteiger partial charge in [-0.05, 0) is 99.2 Å². The van der Waals surface area contributed by atoms with Crippen molar-refractivity contribution in [3.63, 3.8) is 0 Å². The molecule has 7 heteroatoms. The lowest BCUT2D eigenvalue weighted by atomic mass is 9.68. The van der Waals surface area contributed by atoms with Crippen molar-refractivity contribution in [2.24, 2.45) is 5.92 Å². The minimum Gasteiger partial charge on any atom is -0.403 e. The number of unbranched alkanes of at least 4 members (excludes halogenated alkanes) is 1. The maximum atomic E-state index is 6.48. The summed E-state index contributed by atoms with van der Waals surface area (Å²) in [6.07, 6.45) is 3.69. The molecule has 2 aliphatic rings. The average molecular weight is 513 g/mol. The maximum absolute atomic E-state index is 6.48. The van der Waals surface area contributed by atoms with Gasteiger partial charge in [0.2, 0.25) is 0 Å². The molecule has 1 aromatic carbocycles. The SMILES string of the molecule is CCCCC(C)[C@H](C)N(c1ccc(B2OC(C)(C)C(C)(C)O2)cc1)[C@@H](C)C(C)B1OC(C)(C)C(C)(C)O1. The molecule has 0 aliphatic carbocycles. The first kappa shape index (κ1) is 30.5. The molecular weight excluding hydrogens is 460 g/mol. The summed E-state index contributed by atoms with van der Waals surface area (Å²) in [7, 11) is -0.598. The monoisotopic (exact) mass is 513 g/mol. The summed E-state index contributed by atoms with van der Waals surface area (Å²) in [5.74, 6) is 0.750. The molecule has 208 valence electrons. The van der Waals surface area contributed by atoms with Crippen LogP contribution in [0.2, 0.25) is 5.82 Å². The summed E-state index contributed by atoms with van der Waals surface area (Å²) in [6, 6.07) is 9.39. The van der Waals surface area contributed by atoms with Gasteiger partial charge in [-0.25, -0.2) is 0 Å². The van der Waals surface area contributed by atoms with Crippen LogP contribution in [0, 0.1) is 5.92 Å². The van der Waals surface area contributed by atoms with Gasteiger partial charge >= 0.3 is 14.2 Å². The number of hydrogen-bond acceptors (Lipinski definition) is 5. The van der Waals surface area contributed by atoms with E-state index in [1.165, 1.54) is 24.9 Å². The van der Waals surface area contributed by atoms with Crippen LogP contribution in [0.5, 0.6) is 0 Å². The minimum atomic E-state index is -0.352. The second-order valence-corrected chi connectivity index (χ2v) is 13.7. The zero-order valence-electron chi connectivity index (χ0n) is 26.0. The quantitative estimate of drug-likeness (QED) is 0.319. The number of benzene rings is 1. The minimum absolute atomic E-state index is 0.185. The van der Waals surface area contributed by atoms with Crippen molar-refractivity contribution in [2.45, 2.75) is 150 Å². The first-order valence-corrected chi connectivity index (χ1v) is 14.5. The Balaban J connectivity index is 1.87. The standard InChI is InChI=1S/C30H53B2NO4/c1-14-15-16-21(2)23(4)33(24(5)22(3)31-34-27(6,7)28(8,9)35-31)26-19-17-25(18-20-26)32-36-29(10,11)30(12,13)37-32/h17-24H,14-16H2,1-13H3/t21?,22?,23-,24-/m0/s1. The molecule has 2 heterocycles. The van der Waals surface area contributed by atoms with E-state index in [0.29, 0.717) is 12.0 Å². The second kappa shape index (κ2) is 10.9. The summed E-state index contributed by atoms with van der Waals surface area (Å²) in [6.45, 7) is 28.5. The van der Waals surface area contributed by atoms with E-state index in [1.54, 1.807) is 0 Å². The van der Waals surface area contributed by atoms with Crippen molar-refractivity contribution in [3.05, 3.63) is 24.3 Å². The molecule has 2 aliphatic heterocycles. The van der Waals surface area contributed by atoms with Gasteiger partial charge in [0.1, 0.15) is 0 Å². The van der Waals surface area contributed by atoms with E-state index in [-0.39, 0.29) is 48.5 Å². The van der Waals surface area contributed by atoms with Crippen LogP contribution in [-0.4, -0.2) is 48.7 Å². The zero-order chi connectivity index (χ0) is 28.0. The highest BCUT2D eigenvalue weighted by Crippen LogP contribution is 2.42. The van der Waals surface area contributed by atoms with Crippen LogP contribution in [0.4, 0.5) is 5.69 Å². The molecule has 0 amide bonds. The summed E-state index contributed by atoms with van der Waals surface area (Å²) in [5.41, 5.74) is 0.909. The number of rotatable bonds is 10.